The Morgan fingerprint density at radius 3 is 2.63 bits per heavy atom. The lowest BCUT2D eigenvalue weighted by atomic mass is 9.90. The summed E-state index contributed by atoms with van der Waals surface area (Å²) < 4.78 is 26.5. The zero-order valence-corrected chi connectivity index (χ0v) is 12.2. The number of nitrogens with two attached hydrogens (primary N) is 1. The zero-order valence-electron chi connectivity index (χ0n) is 11.4. The minimum atomic E-state index is -3.46. The Labute approximate surface area is 114 Å². The van der Waals surface area contributed by atoms with Crippen LogP contribution in [0.4, 0.5) is 0 Å². The molecule has 1 aliphatic rings. The molecule has 0 aliphatic carbocycles. The Kier molecular flexibility index (Phi) is 4.23. The molecule has 1 fully saturated rings. The van der Waals surface area contributed by atoms with Gasteiger partial charge in [-0.25, -0.2) is 13.4 Å². The monoisotopic (exact) mass is 283 g/mol. The molecule has 2 unspecified atom stereocenters. The number of aromatic nitrogens is 1. The molecule has 1 saturated heterocycles. The van der Waals surface area contributed by atoms with Gasteiger partial charge in [-0.05, 0) is 29.9 Å². The molecule has 19 heavy (non-hydrogen) atoms. The fraction of sp³-hybridized carbons (Fsp3) is 0.615. The van der Waals surface area contributed by atoms with E-state index in [1.54, 1.807) is 16.4 Å². The summed E-state index contributed by atoms with van der Waals surface area (Å²) in [4.78, 5) is 4.03. The Morgan fingerprint density at radius 2 is 2.11 bits per heavy atom. The molecule has 1 aliphatic heterocycles. The molecule has 1 aromatic rings. The Bertz CT molecular complexity index is 527. The second-order valence-electron chi connectivity index (χ2n) is 5.32. The lowest BCUT2D eigenvalue weighted by molar-refractivity contribution is 0.212. The molecule has 0 radical (unpaired) electrons. The van der Waals surface area contributed by atoms with Crippen molar-refractivity contribution in [3.63, 3.8) is 0 Å². The molecular weight excluding hydrogens is 262 g/mol. The van der Waals surface area contributed by atoms with Crippen LogP contribution in [0.1, 0.15) is 25.8 Å². The van der Waals surface area contributed by atoms with Gasteiger partial charge in [-0.3, -0.25) is 0 Å². The van der Waals surface area contributed by atoms with Crippen LogP contribution in [0.5, 0.6) is 0 Å². The topological polar surface area (TPSA) is 76.3 Å². The van der Waals surface area contributed by atoms with E-state index in [1.807, 2.05) is 0 Å². The maximum Gasteiger partial charge on any atom is 0.260 e. The SMILES string of the molecule is CC1CCN(S(=O)(=O)c2ccc(CN)cn2)CC1C. The van der Waals surface area contributed by atoms with Gasteiger partial charge in [0.25, 0.3) is 10.0 Å². The summed E-state index contributed by atoms with van der Waals surface area (Å²) in [5, 5.41) is 0.117. The van der Waals surface area contributed by atoms with E-state index >= 15 is 0 Å². The van der Waals surface area contributed by atoms with Crippen molar-refractivity contribution in [3.8, 4) is 0 Å². The molecule has 0 spiro atoms. The summed E-state index contributed by atoms with van der Waals surface area (Å²) in [6, 6.07) is 3.26. The van der Waals surface area contributed by atoms with Crippen LogP contribution in [0, 0.1) is 11.8 Å². The van der Waals surface area contributed by atoms with Crippen LogP contribution in [0.2, 0.25) is 0 Å². The third-order valence-electron chi connectivity index (χ3n) is 3.93. The molecule has 2 atom stereocenters. The van der Waals surface area contributed by atoms with Crippen molar-refractivity contribution in [3.05, 3.63) is 23.9 Å². The van der Waals surface area contributed by atoms with Crippen molar-refractivity contribution in [2.45, 2.75) is 31.8 Å². The summed E-state index contributed by atoms with van der Waals surface area (Å²) in [5.41, 5.74) is 6.32. The number of rotatable bonds is 3. The number of sulfonamides is 1. The fourth-order valence-electron chi connectivity index (χ4n) is 2.26. The van der Waals surface area contributed by atoms with Crippen LogP contribution in [-0.2, 0) is 16.6 Å². The van der Waals surface area contributed by atoms with Gasteiger partial charge in [0, 0.05) is 25.8 Å². The maximum absolute atomic E-state index is 12.5. The lowest BCUT2D eigenvalue weighted by Gasteiger charge is -2.34. The normalized spacial score (nSPS) is 25.4. The second-order valence-corrected chi connectivity index (χ2v) is 7.20. The molecule has 1 aromatic heterocycles. The molecular formula is C13H21N3O2S. The van der Waals surface area contributed by atoms with E-state index in [2.05, 4.69) is 18.8 Å². The van der Waals surface area contributed by atoms with Gasteiger partial charge in [-0.2, -0.15) is 4.31 Å². The Hall–Kier alpha value is -0.980. The van der Waals surface area contributed by atoms with Gasteiger partial charge in [0.1, 0.15) is 0 Å². The average Bonchev–Trinajstić information content (AvgIpc) is 2.41. The first-order valence-corrected chi connectivity index (χ1v) is 8.04. The van der Waals surface area contributed by atoms with E-state index in [0.717, 1.165) is 12.0 Å². The van der Waals surface area contributed by atoms with Crippen molar-refractivity contribution >= 4 is 10.0 Å². The van der Waals surface area contributed by atoms with Gasteiger partial charge in [0.05, 0.1) is 0 Å². The minimum absolute atomic E-state index is 0.117. The summed E-state index contributed by atoms with van der Waals surface area (Å²) in [7, 11) is -3.46. The largest absolute Gasteiger partial charge is 0.326 e. The smallest absolute Gasteiger partial charge is 0.260 e. The zero-order chi connectivity index (χ0) is 14.0. The van der Waals surface area contributed by atoms with Crippen molar-refractivity contribution in [2.75, 3.05) is 13.1 Å². The van der Waals surface area contributed by atoms with Crippen LogP contribution in [0.15, 0.2) is 23.4 Å². The molecule has 106 valence electrons. The highest BCUT2D eigenvalue weighted by atomic mass is 32.2. The number of piperidine rings is 1. The molecule has 2 heterocycles. The molecule has 0 saturated carbocycles. The summed E-state index contributed by atoms with van der Waals surface area (Å²) in [6.07, 6.45) is 2.43. The van der Waals surface area contributed by atoms with Crippen LogP contribution < -0.4 is 5.73 Å². The predicted octanol–water partition coefficient (Wildman–Crippen LogP) is 1.21. The minimum Gasteiger partial charge on any atom is -0.326 e. The van der Waals surface area contributed by atoms with Crippen molar-refractivity contribution in [1.82, 2.24) is 9.29 Å². The Balaban J connectivity index is 2.21. The van der Waals surface area contributed by atoms with Crippen molar-refractivity contribution in [2.24, 2.45) is 17.6 Å². The molecule has 2 rings (SSSR count). The molecule has 0 bridgehead atoms. The number of hydrogen-bond acceptors (Lipinski definition) is 4. The Morgan fingerprint density at radius 1 is 1.37 bits per heavy atom. The van der Waals surface area contributed by atoms with E-state index in [0.29, 0.717) is 31.5 Å². The van der Waals surface area contributed by atoms with E-state index in [9.17, 15) is 8.42 Å². The van der Waals surface area contributed by atoms with Gasteiger partial charge < -0.3 is 5.73 Å². The fourth-order valence-corrected chi connectivity index (χ4v) is 3.73. The first kappa shape index (κ1) is 14.4. The summed E-state index contributed by atoms with van der Waals surface area (Å²) in [5.74, 6) is 0.950. The lowest BCUT2D eigenvalue weighted by Crippen LogP contribution is -2.42. The van der Waals surface area contributed by atoms with Gasteiger partial charge in [0.15, 0.2) is 5.03 Å². The number of hydrogen-bond donors (Lipinski definition) is 1. The summed E-state index contributed by atoms with van der Waals surface area (Å²) >= 11 is 0. The van der Waals surface area contributed by atoms with Gasteiger partial charge >= 0.3 is 0 Å². The van der Waals surface area contributed by atoms with Crippen molar-refractivity contribution < 1.29 is 8.42 Å². The van der Waals surface area contributed by atoms with Crippen molar-refractivity contribution in [1.29, 1.82) is 0 Å². The quantitative estimate of drug-likeness (QED) is 0.904. The molecule has 2 N–H and O–H groups in total. The average molecular weight is 283 g/mol. The number of pyridine rings is 1. The van der Waals surface area contributed by atoms with E-state index in [-0.39, 0.29) is 5.03 Å². The first-order valence-electron chi connectivity index (χ1n) is 6.60. The third kappa shape index (κ3) is 2.96. The van der Waals surface area contributed by atoms with Crippen LogP contribution in [-0.4, -0.2) is 30.8 Å². The van der Waals surface area contributed by atoms with Gasteiger partial charge in [-0.1, -0.05) is 19.9 Å². The van der Waals surface area contributed by atoms with Gasteiger partial charge in [0.2, 0.25) is 0 Å². The highest BCUT2D eigenvalue weighted by Gasteiger charge is 2.32. The maximum atomic E-state index is 12.5. The highest BCUT2D eigenvalue weighted by Crippen LogP contribution is 2.26. The van der Waals surface area contributed by atoms with Gasteiger partial charge in [-0.15, -0.1) is 0 Å². The first-order chi connectivity index (χ1) is 8.95. The van der Waals surface area contributed by atoms with E-state index in [4.69, 9.17) is 5.73 Å². The van der Waals surface area contributed by atoms with Crippen LogP contribution >= 0.6 is 0 Å². The summed E-state index contributed by atoms with van der Waals surface area (Å²) in [6.45, 7) is 5.78. The van der Waals surface area contributed by atoms with Crippen LogP contribution in [0.25, 0.3) is 0 Å². The molecule has 0 amide bonds. The standard InChI is InChI=1S/C13H21N3O2S/c1-10-5-6-16(9-11(10)2)19(17,18)13-4-3-12(7-14)8-15-13/h3-4,8,10-11H,5-7,9,14H2,1-2H3. The highest BCUT2D eigenvalue weighted by molar-refractivity contribution is 7.89. The predicted molar refractivity (Wildman–Crippen MR) is 73.8 cm³/mol. The van der Waals surface area contributed by atoms with Crippen LogP contribution in [0.3, 0.4) is 0 Å². The molecule has 5 nitrogen and oxygen atoms in total. The number of nitrogens with zero attached hydrogens (tertiary/aromatic N) is 2. The van der Waals surface area contributed by atoms with E-state index in [1.165, 1.54) is 6.20 Å². The van der Waals surface area contributed by atoms with E-state index < -0.39 is 10.0 Å². The third-order valence-corrected chi connectivity index (χ3v) is 5.72. The second kappa shape index (κ2) is 5.56. The molecule has 6 heteroatoms. The molecule has 0 aromatic carbocycles.